The predicted molar refractivity (Wildman–Crippen MR) is 93.6 cm³/mol. The summed E-state index contributed by atoms with van der Waals surface area (Å²) in [6, 6.07) is 8.35. The fraction of sp³-hybridized carbons (Fsp3) is 0.632. The van der Waals surface area contributed by atoms with E-state index in [1.54, 1.807) is 0 Å². The summed E-state index contributed by atoms with van der Waals surface area (Å²) < 4.78 is 0. The van der Waals surface area contributed by atoms with Crippen LogP contribution in [-0.2, 0) is 0 Å². The molecule has 1 aliphatic rings. The molecule has 0 bridgehead atoms. The van der Waals surface area contributed by atoms with Gasteiger partial charge in [-0.15, -0.1) is 0 Å². The van der Waals surface area contributed by atoms with Crippen molar-refractivity contribution in [2.24, 2.45) is 0 Å². The second-order valence-corrected chi connectivity index (χ2v) is 7.10. The third-order valence-electron chi connectivity index (χ3n) is 4.63. The lowest BCUT2D eigenvalue weighted by molar-refractivity contribution is 0.236. The molecule has 22 heavy (non-hydrogen) atoms. The van der Waals surface area contributed by atoms with E-state index in [1.165, 1.54) is 24.8 Å². The molecule has 1 aliphatic heterocycles. The number of unbranched alkanes of at least 4 members (excludes halogenated alkanes) is 3. The molecule has 2 amide bonds. The molecule has 0 saturated heterocycles. The summed E-state index contributed by atoms with van der Waals surface area (Å²) in [6.07, 6.45) is 5.71. The van der Waals surface area contributed by atoms with Gasteiger partial charge in [-0.2, -0.15) is 0 Å². The SMILES string of the molecule is CCCCCCNC(=O)N1c2ccccc2C(C)CC1(C)C. The number of nitrogens with zero attached hydrogens (tertiary/aromatic N) is 1. The molecule has 1 unspecified atom stereocenters. The van der Waals surface area contributed by atoms with Gasteiger partial charge >= 0.3 is 6.03 Å². The zero-order chi connectivity index (χ0) is 16.2. The highest BCUT2D eigenvalue weighted by Crippen LogP contribution is 2.42. The zero-order valence-electron chi connectivity index (χ0n) is 14.5. The van der Waals surface area contributed by atoms with E-state index in [-0.39, 0.29) is 11.6 Å². The number of amides is 2. The Hall–Kier alpha value is -1.51. The molecular weight excluding hydrogens is 272 g/mol. The first kappa shape index (κ1) is 16.9. The molecule has 1 aromatic rings. The largest absolute Gasteiger partial charge is 0.338 e. The lowest BCUT2D eigenvalue weighted by Crippen LogP contribution is -2.55. The number of urea groups is 1. The Morgan fingerprint density at radius 1 is 1.27 bits per heavy atom. The summed E-state index contributed by atoms with van der Waals surface area (Å²) in [5.41, 5.74) is 2.20. The molecular formula is C19H30N2O. The molecule has 0 fully saturated rings. The molecule has 3 nitrogen and oxygen atoms in total. The van der Waals surface area contributed by atoms with Gasteiger partial charge in [-0.25, -0.2) is 4.79 Å². The standard InChI is InChI=1S/C19H30N2O/c1-5-6-7-10-13-20-18(22)21-17-12-9-8-11-16(17)15(2)14-19(21,3)4/h8-9,11-12,15H,5-7,10,13-14H2,1-4H3,(H,20,22). The molecule has 0 radical (unpaired) electrons. The molecule has 122 valence electrons. The van der Waals surface area contributed by atoms with E-state index in [0.29, 0.717) is 5.92 Å². The fourth-order valence-electron chi connectivity index (χ4n) is 3.59. The van der Waals surface area contributed by atoms with Crippen molar-refractivity contribution in [2.75, 3.05) is 11.4 Å². The van der Waals surface area contributed by atoms with Gasteiger partial charge in [-0.1, -0.05) is 51.3 Å². The van der Waals surface area contributed by atoms with Gasteiger partial charge in [0.2, 0.25) is 0 Å². The molecule has 1 atom stereocenters. The average molecular weight is 302 g/mol. The molecule has 1 N–H and O–H groups in total. The number of carbonyl (C=O) groups is 1. The Balaban J connectivity index is 2.10. The maximum absolute atomic E-state index is 12.7. The minimum atomic E-state index is -0.152. The van der Waals surface area contributed by atoms with Crippen LogP contribution in [0.15, 0.2) is 24.3 Å². The molecule has 3 heteroatoms. The van der Waals surface area contributed by atoms with Crippen LogP contribution in [0.1, 0.15) is 71.3 Å². The predicted octanol–water partition coefficient (Wildman–Crippen LogP) is 5.07. The van der Waals surface area contributed by atoms with E-state index < -0.39 is 0 Å². The van der Waals surface area contributed by atoms with Crippen LogP contribution >= 0.6 is 0 Å². The summed E-state index contributed by atoms with van der Waals surface area (Å²) in [5.74, 6) is 0.486. The molecule has 1 aromatic carbocycles. The number of benzene rings is 1. The van der Waals surface area contributed by atoms with E-state index in [1.807, 2.05) is 11.0 Å². The maximum Gasteiger partial charge on any atom is 0.322 e. The highest BCUT2D eigenvalue weighted by molar-refractivity contribution is 5.95. The Bertz CT molecular complexity index is 510. The third-order valence-corrected chi connectivity index (χ3v) is 4.63. The van der Waals surface area contributed by atoms with Gasteiger partial charge in [0.05, 0.1) is 0 Å². The quantitative estimate of drug-likeness (QED) is 0.757. The number of carbonyl (C=O) groups excluding carboxylic acids is 1. The van der Waals surface area contributed by atoms with Crippen molar-refractivity contribution in [3.63, 3.8) is 0 Å². The van der Waals surface area contributed by atoms with Gasteiger partial charge in [0.25, 0.3) is 0 Å². The maximum atomic E-state index is 12.7. The number of anilines is 1. The van der Waals surface area contributed by atoms with Crippen LogP contribution in [0.3, 0.4) is 0 Å². The van der Waals surface area contributed by atoms with Crippen LogP contribution in [0.5, 0.6) is 0 Å². The number of para-hydroxylation sites is 1. The van der Waals surface area contributed by atoms with Gasteiger partial charge in [-0.05, 0) is 44.2 Å². The fourth-order valence-corrected chi connectivity index (χ4v) is 3.59. The second-order valence-electron chi connectivity index (χ2n) is 7.10. The second kappa shape index (κ2) is 7.17. The Kier molecular flexibility index (Phi) is 5.49. The first-order chi connectivity index (χ1) is 10.5. The van der Waals surface area contributed by atoms with Crippen LogP contribution < -0.4 is 10.2 Å². The Morgan fingerprint density at radius 2 is 2.00 bits per heavy atom. The number of fused-ring (bicyclic) bond motifs is 1. The Morgan fingerprint density at radius 3 is 2.73 bits per heavy atom. The third kappa shape index (κ3) is 3.63. The van der Waals surface area contributed by atoms with Crippen LogP contribution in [0, 0.1) is 0 Å². The summed E-state index contributed by atoms with van der Waals surface area (Å²) in [7, 11) is 0. The molecule has 1 heterocycles. The number of rotatable bonds is 5. The molecule has 0 spiro atoms. The van der Waals surface area contributed by atoms with Crippen LogP contribution in [0.2, 0.25) is 0 Å². The summed E-state index contributed by atoms with van der Waals surface area (Å²) in [6.45, 7) is 9.54. The van der Waals surface area contributed by atoms with Crippen LogP contribution in [-0.4, -0.2) is 18.1 Å². The van der Waals surface area contributed by atoms with Crippen molar-refractivity contribution < 1.29 is 4.79 Å². The van der Waals surface area contributed by atoms with Crippen LogP contribution in [0.25, 0.3) is 0 Å². The topological polar surface area (TPSA) is 32.3 Å². The summed E-state index contributed by atoms with van der Waals surface area (Å²) in [4.78, 5) is 14.7. The summed E-state index contributed by atoms with van der Waals surface area (Å²) in [5, 5.41) is 3.11. The van der Waals surface area contributed by atoms with E-state index in [2.05, 4.69) is 51.2 Å². The van der Waals surface area contributed by atoms with Gasteiger partial charge in [0, 0.05) is 17.8 Å². The van der Waals surface area contributed by atoms with Crippen molar-refractivity contribution in [3.05, 3.63) is 29.8 Å². The monoisotopic (exact) mass is 302 g/mol. The van der Waals surface area contributed by atoms with Crippen LogP contribution in [0.4, 0.5) is 10.5 Å². The van der Waals surface area contributed by atoms with E-state index in [0.717, 1.165) is 25.1 Å². The van der Waals surface area contributed by atoms with E-state index >= 15 is 0 Å². The Labute approximate surface area is 135 Å². The first-order valence-corrected chi connectivity index (χ1v) is 8.64. The van der Waals surface area contributed by atoms with Gasteiger partial charge in [0.1, 0.15) is 0 Å². The van der Waals surface area contributed by atoms with Crippen molar-refractivity contribution in [2.45, 2.75) is 71.3 Å². The van der Waals surface area contributed by atoms with Crippen molar-refractivity contribution in [1.29, 1.82) is 0 Å². The number of nitrogens with one attached hydrogen (secondary N) is 1. The normalized spacial score (nSPS) is 19.6. The van der Waals surface area contributed by atoms with Crippen molar-refractivity contribution in [3.8, 4) is 0 Å². The number of hydrogen-bond acceptors (Lipinski definition) is 1. The molecule has 0 aromatic heterocycles. The lowest BCUT2D eigenvalue weighted by atomic mass is 9.80. The lowest BCUT2D eigenvalue weighted by Gasteiger charge is -2.45. The highest BCUT2D eigenvalue weighted by atomic mass is 16.2. The molecule has 0 aliphatic carbocycles. The average Bonchev–Trinajstić information content (AvgIpc) is 2.46. The minimum Gasteiger partial charge on any atom is -0.338 e. The van der Waals surface area contributed by atoms with Crippen molar-refractivity contribution >= 4 is 11.7 Å². The first-order valence-electron chi connectivity index (χ1n) is 8.64. The zero-order valence-corrected chi connectivity index (χ0v) is 14.5. The van der Waals surface area contributed by atoms with Gasteiger partial charge in [-0.3, -0.25) is 4.90 Å². The smallest absolute Gasteiger partial charge is 0.322 e. The number of hydrogen-bond donors (Lipinski definition) is 1. The molecule has 0 saturated carbocycles. The summed E-state index contributed by atoms with van der Waals surface area (Å²) >= 11 is 0. The molecule has 2 rings (SSSR count). The van der Waals surface area contributed by atoms with E-state index in [9.17, 15) is 4.79 Å². The van der Waals surface area contributed by atoms with Gasteiger partial charge < -0.3 is 5.32 Å². The van der Waals surface area contributed by atoms with Gasteiger partial charge in [0.15, 0.2) is 0 Å². The van der Waals surface area contributed by atoms with E-state index in [4.69, 9.17) is 0 Å². The minimum absolute atomic E-state index is 0.0425. The highest BCUT2D eigenvalue weighted by Gasteiger charge is 2.39. The van der Waals surface area contributed by atoms with Crippen molar-refractivity contribution in [1.82, 2.24) is 5.32 Å².